The molecule has 1 aromatic carbocycles. The maximum absolute atomic E-state index is 11.9. The van der Waals surface area contributed by atoms with Crippen molar-refractivity contribution in [1.82, 2.24) is 14.8 Å². The molecule has 1 aromatic heterocycles. The van der Waals surface area contributed by atoms with Gasteiger partial charge >= 0.3 is 0 Å². The number of fused-ring (bicyclic) bond motifs is 1. The summed E-state index contributed by atoms with van der Waals surface area (Å²) in [4.78, 5) is 14.3. The first-order valence-corrected chi connectivity index (χ1v) is 7.40. The largest absolute Gasteiger partial charge is 0.314 e. The summed E-state index contributed by atoms with van der Waals surface area (Å²) < 4.78 is 1.74. The Balaban J connectivity index is 2.09. The maximum atomic E-state index is 11.9. The SMILES string of the molecule is C=C[C@H](c1cn(C(C)=O)c2ccccc12)N1CCNCC1. The van der Waals surface area contributed by atoms with Gasteiger partial charge in [0, 0.05) is 44.7 Å². The number of aromatic nitrogens is 1. The summed E-state index contributed by atoms with van der Waals surface area (Å²) in [7, 11) is 0. The molecule has 3 rings (SSSR count). The van der Waals surface area contributed by atoms with Gasteiger partial charge in [-0.15, -0.1) is 6.58 Å². The van der Waals surface area contributed by atoms with Gasteiger partial charge in [0.1, 0.15) is 0 Å². The number of nitrogens with one attached hydrogen (secondary N) is 1. The molecule has 0 radical (unpaired) electrons. The van der Waals surface area contributed by atoms with Crippen LogP contribution in [0.1, 0.15) is 23.3 Å². The lowest BCUT2D eigenvalue weighted by Crippen LogP contribution is -2.44. The molecule has 21 heavy (non-hydrogen) atoms. The van der Waals surface area contributed by atoms with Gasteiger partial charge in [-0.2, -0.15) is 0 Å². The highest BCUT2D eigenvalue weighted by Gasteiger charge is 2.23. The van der Waals surface area contributed by atoms with E-state index in [-0.39, 0.29) is 11.9 Å². The molecule has 1 N–H and O–H groups in total. The average molecular weight is 283 g/mol. The Bertz CT molecular complexity index is 668. The first-order valence-electron chi connectivity index (χ1n) is 7.40. The minimum atomic E-state index is 0.0422. The summed E-state index contributed by atoms with van der Waals surface area (Å²) in [6.07, 6.45) is 3.96. The Hall–Kier alpha value is -1.91. The molecule has 0 aliphatic carbocycles. The van der Waals surface area contributed by atoms with E-state index < -0.39 is 0 Å². The second-order valence-corrected chi connectivity index (χ2v) is 5.46. The lowest BCUT2D eigenvalue weighted by Gasteiger charge is -2.33. The van der Waals surface area contributed by atoms with Crippen LogP contribution in [-0.4, -0.2) is 41.6 Å². The average Bonchev–Trinajstić information content (AvgIpc) is 2.89. The molecule has 1 fully saturated rings. The van der Waals surface area contributed by atoms with Crippen molar-refractivity contribution in [3.8, 4) is 0 Å². The second kappa shape index (κ2) is 5.84. The number of carbonyl (C=O) groups excluding carboxylic acids is 1. The molecule has 0 saturated carbocycles. The number of piperazine rings is 1. The van der Waals surface area contributed by atoms with Crippen LogP contribution in [0, 0.1) is 0 Å². The molecule has 4 heteroatoms. The van der Waals surface area contributed by atoms with Crippen molar-refractivity contribution < 1.29 is 4.79 Å². The Morgan fingerprint density at radius 2 is 2.05 bits per heavy atom. The van der Waals surface area contributed by atoms with E-state index in [2.05, 4.69) is 22.9 Å². The van der Waals surface area contributed by atoms with Gasteiger partial charge in [-0.05, 0) is 11.6 Å². The Morgan fingerprint density at radius 3 is 2.71 bits per heavy atom. The van der Waals surface area contributed by atoms with Gasteiger partial charge in [0.25, 0.3) is 0 Å². The standard InChI is InChI=1S/C17H21N3O/c1-3-16(19-10-8-18-9-11-19)15-12-20(13(2)21)17-7-5-4-6-14(15)17/h3-7,12,16,18H,1,8-11H2,2H3/t16-/m1/s1. The fourth-order valence-corrected chi connectivity index (χ4v) is 3.14. The lowest BCUT2D eigenvalue weighted by molar-refractivity contribution is 0.0941. The van der Waals surface area contributed by atoms with Crippen molar-refractivity contribution in [2.75, 3.05) is 26.2 Å². The van der Waals surface area contributed by atoms with Gasteiger partial charge in [-0.1, -0.05) is 24.3 Å². The minimum Gasteiger partial charge on any atom is -0.314 e. The molecule has 1 aliphatic rings. The molecule has 0 spiro atoms. The molecule has 1 atom stereocenters. The summed E-state index contributed by atoms with van der Waals surface area (Å²) in [5.41, 5.74) is 2.14. The van der Waals surface area contributed by atoms with Crippen molar-refractivity contribution >= 4 is 16.8 Å². The Kier molecular flexibility index (Phi) is 3.90. The van der Waals surface area contributed by atoms with Crippen molar-refractivity contribution in [3.63, 3.8) is 0 Å². The number of rotatable bonds is 3. The van der Waals surface area contributed by atoms with E-state index in [1.165, 1.54) is 0 Å². The van der Waals surface area contributed by atoms with E-state index in [9.17, 15) is 4.79 Å². The Morgan fingerprint density at radius 1 is 1.33 bits per heavy atom. The normalized spacial score (nSPS) is 17.8. The summed E-state index contributed by atoms with van der Waals surface area (Å²) in [5, 5.41) is 4.51. The van der Waals surface area contributed by atoms with Crippen LogP contribution in [0.5, 0.6) is 0 Å². The van der Waals surface area contributed by atoms with E-state index in [1.807, 2.05) is 30.5 Å². The van der Waals surface area contributed by atoms with Crippen molar-refractivity contribution in [3.05, 3.63) is 48.7 Å². The number of carbonyl (C=O) groups is 1. The van der Waals surface area contributed by atoms with Crippen LogP contribution < -0.4 is 5.32 Å². The van der Waals surface area contributed by atoms with Crippen molar-refractivity contribution in [1.29, 1.82) is 0 Å². The molecule has 110 valence electrons. The summed E-state index contributed by atoms with van der Waals surface area (Å²) >= 11 is 0. The fraction of sp³-hybridized carbons (Fsp3) is 0.353. The zero-order chi connectivity index (χ0) is 14.8. The number of nitrogens with zero attached hydrogens (tertiary/aromatic N) is 2. The molecular weight excluding hydrogens is 262 g/mol. The highest BCUT2D eigenvalue weighted by Crippen LogP contribution is 2.31. The van der Waals surface area contributed by atoms with Gasteiger partial charge in [-0.3, -0.25) is 14.3 Å². The molecule has 1 aliphatic heterocycles. The monoisotopic (exact) mass is 283 g/mol. The third-order valence-electron chi connectivity index (χ3n) is 4.17. The van der Waals surface area contributed by atoms with Crippen LogP contribution in [0.25, 0.3) is 10.9 Å². The van der Waals surface area contributed by atoms with Crippen molar-refractivity contribution in [2.24, 2.45) is 0 Å². The van der Waals surface area contributed by atoms with E-state index in [0.29, 0.717) is 0 Å². The highest BCUT2D eigenvalue weighted by atomic mass is 16.1. The van der Waals surface area contributed by atoms with E-state index in [4.69, 9.17) is 0 Å². The van der Waals surface area contributed by atoms with E-state index in [0.717, 1.165) is 42.6 Å². The molecule has 0 amide bonds. The maximum Gasteiger partial charge on any atom is 0.227 e. The first-order chi connectivity index (χ1) is 10.2. The zero-order valence-corrected chi connectivity index (χ0v) is 12.4. The van der Waals surface area contributed by atoms with Crippen LogP contribution in [0.2, 0.25) is 0 Å². The van der Waals surface area contributed by atoms with Crippen LogP contribution in [-0.2, 0) is 0 Å². The van der Waals surface area contributed by atoms with Gasteiger partial charge in [0.15, 0.2) is 0 Å². The molecule has 0 unspecified atom stereocenters. The minimum absolute atomic E-state index is 0.0422. The number of hydrogen-bond acceptors (Lipinski definition) is 3. The third kappa shape index (κ3) is 2.52. The fourth-order valence-electron chi connectivity index (χ4n) is 3.14. The molecule has 4 nitrogen and oxygen atoms in total. The Labute approximate surface area is 125 Å². The van der Waals surface area contributed by atoms with Gasteiger partial charge in [0.05, 0.1) is 11.6 Å². The quantitative estimate of drug-likeness (QED) is 0.879. The van der Waals surface area contributed by atoms with Gasteiger partial charge in [-0.25, -0.2) is 0 Å². The van der Waals surface area contributed by atoms with E-state index >= 15 is 0 Å². The van der Waals surface area contributed by atoms with Crippen LogP contribution in [0.4, 0.5) is 0 Å². The molecule has 1 saturated heterocycles. The number of para-hydroxylation sites is 1. The predicted octanol–water partition coefficient (Wildman–Crippen LogP) is 2.43. The van der Waals surface area contributed by atoms with Crippen molar-refractivity contribution in [2.45, 2.75) is 13.0 Å². The number of hydrogen-bond donors (Lipinski definition) is 1. The smallest absolute Gasteiger partial charge is 0.227 e. The van der Waals surface area contributed by atoms with Gasteiger partial charge in [0.2, 0.25) is 5.91 Å². The molecule has 2 aromatic rings. The number of benzene rings is 1. The topological polar surface area (TPSA) is 37.3 Å². The molecule has 0 bridgehead atoms. The predicted molar refractivity (Wildman–Crippen MR) is 85.6 cm³/mol. The van der Waals surface area contributed by atoms with Crippen LogP contribution >= 0.6 is 0 Å². The summed E-state index contributed by atoms with van der Waals surface area (Å²) in [5.74, 6) is 0.0422. The zero-order valence-electron chi connectivity index (χ0n) is 12.4. The van der Waals surface area contributed by atoms with Crippen LogP contribution in [0.3, 0.4) is 0 Å². The summed E-state index contributed by atoms with van der Waals surface area (Å²) in [6.45, 7) is 9.60. The third-order valence-corrected chi connectivity index (χ3v) is 4.17. The highest BCUT2D eigenvalue weighted by molar-refractivity contribution is 5.94. The van der Waals surface area contributed by atoms with E-state index in [1.54, 1.807) is 11.5 Å². The molecular formula is C17H21N3O. The summed E-state index contributed by atoms with van der Waals surface area (Å²) in [6, 6.07) is 8.23. The van der Waals surface area contributed by atoms with Gasteiger partial charge < -0.3 is 5.32 Å². The molecule has 2 heterocycles. The second-order valence-electron chi connectivity index (χ2n) is 5.46. The lowest BCUT2D eigenvalue weighted by atomic mass is 10.0. The van der Waals surface area contributed by atoms with Crippen LogP contribution in [0.15, 0.2) is 43.1 Å². The first kappa shape index (κ1) is 14.0.